The van der Waals surface area contributed by atoms with Crippen molar-refractivity contribution in [2.24, 2.45) is 0 Å². The van der Waals surface area contributed by atoms with Crippen molar-refractivity contribution in [1.82, 2.24) is 0 Å². The van der Waals surface area contributed by atoms with Gasteiger partial charge in [-0.05, 0) is 13.8 Å². The molecule has 0 unspecified atom stereocenters. The van der Waals surface area contributed by atoms with E-state index in [1.54, 1.807) is 0 Å². The zero-order valence-electron chi connectivity index (χ0n) is 11.1. The SMILES string of the molecule is CCS(C)(C)(=O)OS(=O)(=O)OS(C)(C)(=O)CC. The Morgan fingerprint density at radius 2 is 1.06 bits per heavy atom. The van der Waals surface area contributed by atoms with E-state index in [9.17, 15) is 16.8 Å². The Morgan fingerprint density at radius 3 is 1.24 bits per heavy atom. The van der Waals surface area contributed by atoms with Gasteiger partial charge in [0.1, 0.15) is 0 Å². The van der Waals surface area contributed by atoms with Gasteiger partial charge in [-0.1, -0.05) is 0 Å². The second kappa shape index (κ2) is 4.09. The van der Waals surface area contributed by atoms with Crippen LogP contribution in [0, 0.1) is 0 Å². The molecule has 0 bridgehead atoms. The van der Waals surface area contributed by atoms with Gasteiger partial charge in [0.2, 0.25) is 0 Å². The molecule has 0 fully saturated rings. The van der Waals surface area contributed by atoms with Crippen molar-refractivity contribution in [2.75, 3.05) is 36.5 Å². The maximum atomic E-state index is 12.1. The van der Waals surface area contributed by atoms with Gasteiger partial charge >= 0.3 is 10.4 Å². The van der Waals surface area contributed by atoms with Crippen LogP contribution >= 0.6 is 0 Å². The topological polar surface area (TPSA) is 86.7 Å². The van der Waals surface area contributed by atoms with Crippen molar-refractivity contribution in [3.63, 3.8) is 0 Å². The van der Waals surface area contributed by atoms with Crippen LogP contribution in [0.2, 0.25) is 0 Å². The van der Waals surface area contributed by atoms with Crippen LogP contribution in [0.4, 0.5) is 0 Å². The minimum Gasteiger partial charge on any atom is -0.207 e. The fraction of sp³-hybridized carbons (Fsp3) is 1.00. The molecule has 108 valence electrons. The predicted molar refractivity (Wildman–Crippen MR) is 72.2 cm³/mol. The highest BCUT2D eigenvalue weighted by atomic mass is 32.4. The zero-order chi connectivity index (χ0) is 14.2. The Balaban J connectivity index is 5.27. The first kappa shape index (κ1) is 17.2. The molecule has 0 spiro atoms. The van der Waals surface area contributed by atoms with Crippen LogP contribution in [-0.2, 0) is 36.4 Å². The second-order valence-electron chi connectivity index (χ2n) is 5.03. The predicted octanol–water partition coefficient (Wildman–Crippen LogP) is 0.294. The standard InChI is InChI=1S/C8H22O6S3/c1-7-16(3,4,11)13-15(9,10)14-17(5,6,12)8-2/h7-8H2,1-6H3. The fourth-order valence-corrected chi connectivity index (χ4v) is 5.85. The number of hydrogen-bond donors (Lipinski definition) is 0. The van der Waals surface area contributed by atoms with E-state index in [0.717, 1.165) is 0 Å². The van der Waals surface area contributed by atoms with Crippen molar-refractivity contribution in [3.05, 3.63) is 0 Å². The molecule has 0 heterocycles. The van der Waals surface area contributed by atoms with E-state index in [4.69, 9.17) is 0 Å². The summed E-state index contributed by atoms with van der Waals surface area (Å²) in [5.74, 6) is 0.0390. The molecule has 0 aliphatic heterocycles. The summed E-state index contributed by atoms with van der Waals surface area (Å²) < 4.78 is 56.5. The Labute approximate surface area is 104 Å². The molecule has 0 aliphatic rings. The molecule has 0 saturated heterocycles. The largest absolute Gasteiger partial charge is 0.436 e. The van der Waals surface area contributed by atoms with Crippen LogP contribution in [0.5, 0.6) is 0 Å². The van der Waals surface area contributed by atoms with E-state index in [0.29, 0.717) is 0 Å². The van der Waals surface area contributed by atoms with Gasteiger partial charge in [-0.25, -0.2) is 8.42 Å². The second-order valence-corrected chi connectivity index (χ2v) is 15.9. The van der Waals surface area contributed by atoms with Crippen molar-refractivity contribution in [1.29, 1.82) is 0 Å². The highest BCUT2D eigenvalue weighted by molar-refractivity contribution is 8.22. The summed E-state index contributed by atoms with van der Waals surface area (Å²) in [4.78, 5) is 0. The monoisotopic (exact) mass is 310 g/mol. The van der Waals surface area contributed by atoms with Crippen LogP contribution in [0.3, 0.4) is 0 Å². The molecule has 0 saturated carbocycles. The van der Waals surface area contributed by atoms with Crippen molar-refractivity contribution in [3.8, 4) is 0 Å². The fourth-order valence-electron chi connectivity index (χ4n) is 0.627. The van der Waals surface area contributed by atoms with Crippen LogP contribution < -0.4 is 0 Å². The molecule has 0 aromatic rings. The first-order chi connectivity index (χ1) is 7.07. The van der Waals surface area contributed by atoms with Gasteiger partial charge in [0.15, 0.2) is 0 Å². The van der Waals surface area contributed by atoms with E-state index < -0.39 is 29.1 Å². The molecular formula is C8H22O6S3. The number of hydrogen-bond acceptors (Lipinski definition) is 6. The third-order valence-corrected chi connectivity index (χ3v) is 10.2. The average molecular weight is 310 g/mol. The van der Waals surface area contributed by atoms with Crippen molar-refractivity contribution >= 4 is 29.1 Å². The van der Waals surface area contributed by atoms with E-state index in [-0.39, 0.29) is 11.5 Å². The van der Waals surface area contributed by atoms with Crippen LogP contribution in [0.1, 0.15) is 13.8 Å². The Morgan fingerprint density at radius 1 is 0.824 bits per heavy atom. The summed E-state index contributed by atoms with van der Waals surface area (Å²) in [7, 11) is -12.1. The van der Waals surface area contributed by atoms with E-state index >= 15 is 0 Å². The van der Waals surface area contributed by atoms with Gasteiger partial charge in [0.05, 0.1) is 0 Å². The Hall–Kier alpha value is 0.170. The van der Waals surface area contributed by atoms with Gasteiger partial charge in [-0.15, -0.1) is 7.26 Å². The molecule has 9 heteroatoms. The molecule has 17 heavy (non-hydrogen) atoms. The lowest BCUT2D eigenvalue weighted by Gasteiger charge is -2.41. The first-order valence-corrected chi connectivity index (χ1v) is 12.0. The highest BCUT2D eigenvalue weighted by Gasteiger charge is 2.33. The summed E-state index contributed by atoms with van der Waals surface area (Å²) in [6.45, 7) is 3.08. The first-order valence-electron chi connectivity index (χ1n) is 4.96. The lowest BCUT2D eigenvalue weighted by molar-refractivity contribution is 0.398. The van der Waals surface area contributed by atoms with Gasteiger partial charge < -0.3 is 0 Å². The van der Waals surface area contributed by atoms with Crippen LogP contribution in [0.25, 0.3) is 0 Å². The van der Waals surface area contributed by atoms with E-state index in [2.05, 4.69) is 7.26 Å². The molecule has 0 aromatic heterocycles. The molecule has 0 aromatic carbocycles. The molecule has 0 radical (unpaired) electrons. The molecule has 0 amide bonds. The quantitative estimate of drug-likeness (QED) is 0.701. The summed E-state index contributed by atoms with van der Waals surface area (Å²) >= 11 is 0. The maximum absolute atomic E-state index is 12.1. The van der Waals surface area contributed by atoms with Crippen LogP contribution in [0.15, 0.2) is 0 Å². The van der Waals surface area contributed by atoms with Gasteiger partial charge in [0.25, 0.3) is 0 Å². The molecule has 6 nitrogen and oxygen atoms in total. The van der Waals surface area contributed by atoms with Gasteiger partial charge in [-0.2, -0.15) is 27.1 Å². The van der Waals surface area contributed by atoms with E-state index in [1.165, 1.54) is 38.9 Å². The summed E-state index contributed by atoms with van der Waals surface area (Å²) in [5.41, 5.74) is 0. The third-order valence-electron chi connectivity index (χ3n) is 2.22. The molecular weight excluding hydrogens is 288 g/mol. The van der Waals surface area contributed by atoms with Crippen molar-refractivity contribution < 1.29 is 24.1 Å². The van der Waals surface area contributed by atoms with E-state index in [1.807, 2.05) is 0 Å². The lowest BCUT2D eigenvalue weighted by Crippen LogP contribution is -2.43. The Bertz CT molecular complexity index is 475. The Kier molecular flexibility index (Phi) is 4.13. The third kappa shape index (κ3) is 6.61. The summed E-state index contributed by atoms with van der Waals surface area (Å²) in [5, 5.41) is 0. The summed E-state index contributed by atoms with van der Waals surface area (Å²) in [6.07, 6.45) is 4.80. The smallest absolute Gasteiger partial charge is 0.207 e. The summed E-state index contributed by atoms with van der Waals surface area (Å²) in [6, 6.07) is 0. The molecule has 0 aliphatic carbocycles. The van der Waals surface area contributed by atoms with Crippen molar-refractivity contribution in [2.45, 2.75) is 13.8 Å². The maximum Gasteiger partial charge on any atom is 0.436 e. The minimum atomic E-state index is -4.57. The van der Waals surface area contributed by atoms with Gasteiger partial charge in [0, 0.05) is 36.5 Å². The zero-order valence-corrected chi connectivity index (χ0v) is 13.5. The van der Waals surface area contributed by atoms with Gasteiger partial charge in [-0.3, -0.25) is 0 Å². The lowest BCUT2D eigenvalue weighted by atomic mass is 11.0. The molecule has 0 N–H and O–H groups in total. The number of rotatable bonds is 6. The highest BCUT2D eigenvalue weighted by Crippen LogP contribution is 2.28. The molecule has 0 rings (SSSR count). The normalized spacial score (nSPS) is 18.9. The molecule has 0 atom stereocenters. The minimum absolute atomic E-state index is 0.0195. The van der Waals surface area contributed by atoms with Crippen LogP contribution in [-0.4, -0.2) is 53.4 Å². The average Bonchev–Trinajstić information content (AvgIpc) is 1.98.